The summed E-state index contributed by atoms with van der Waals surface area (Å²) in [4.78, 5) is 0. The molecule has 0 atom stereocenters. The van der Waals surface area contributed by atoms with E-state index in [9.17, 15) is 0 Å². The summed E-state index contributed by atoms with van der Waals surface area (Å²) in [5.41, 5.74) is 3.67. The average molecular weight is 207 g/mol. The van der Waals surface area contributed by atoms with Gasteiger partial charge in [0.05, 0.1) is 0 Å². The van der Waals surface area contributed by atoms with Gasteiger partial charge in [-0.15, -0.1) is 0 Å². The summed E-state index contributed by atoms with van der Waals surface area (Å²) in [5.74, 6) is 0. The van der Waals surface area contributed by atoms with Crippen molar-refractivity contribution in [3.8, 4) is 0 Å². The van der Waals surface area contributed by atoms with Gasteiger partial charge in [0.15, 0.2) is 0 Å². The molecule has 0 aromatic heterocycles. The molecular weight excluding hydrogens is 182 g/mol. The van der Waals surface area contributed by atoms with E-state index in [2.05, 4.69) is 45.8 Å². The highest BCUT2D eigenvalue weighted by atomic mass is 14.8. The van der Waals surface area contributed by atoms with Crippen LogP contribution in [0, 0.1) is 5.41 Å². The molecule has 0 rings (SSSR count). The molecule has 0 radical (unpaired) electrons. The first-order chi connectivity index (χ1) is 6.76. The molecule has 86 valence electrons. The molecule has 15 heavy (non-hydrogen) atoms. The quantitative estimate of drug-likeness (QED) is 0.648. The van der Waals surface area contributed by atoms with Crippen molar-refractivity contribution < 1.29 is 0 Å². The van der Waals surface area contributed by atoms with Crippen LogP contribution in [-0.2, 0) is 0 Å². The Balaban J connectivity index is 4.01. The third-order valence-electron chi connectivity index (χ3n) is 2.33. The van der Waals surface area contributed by atoms with E-state index in [4.69, 9.17) is 0 Å². The second kappa shape index (κ2) is 5.79. The lowest BCUT2D eigenvalue weighted by atomic mass is 9.85. The second-order valence-electron chi connectivity index (χ2n) is 5.30. The summed E-state index contributed by atoms with van der Waals surface area (Å²) in [6.45, 7) is 18.7. The maximum absolute atomic E-state index is 4.09. The van der Waals surface area contributed by atoms with Crippen molar-refractivity contribution >= 4 is 0 Å². The van der Waals surface area contributed by atoms with Crippen LogP contribution in [0.25, 0.3) is 0 Å². The average Bonchev–Trinajstić information content (AvgIpc) is 2.10. The fraction of sp³-hybridized carbons (Fsp3) is 0.571. The standard InChI is InChI=1S/C14H25N/c1-11(8-9-13(3)15-7)12(2)10-14(4,5)6/h15H,1-3,8-10H2,4-7H3. The molecule has 0 saturated carbocycles. The lowest BCUT2D eigenvalue weighted by Crippen LogP contribution is -2.08. The zero-order chi connectivity index (χ0) is 12.1. The number of hydrogen-bond donors (Lipinski definition) is 1. The molecule has 0 aromatic carbocycles. The SMILES string of the molecule is C=C(CCC(=C)C(=C)CC(C)(C)C)NC. The van der Waals surface area contributed by atoms with Crippen molar-refractivity contribution in [2.45, 2.75) is 40.0 Å². The minimum Gasteiger partial charge on any atom is -0.392 e. The van der Waals surface area contributed by atoms with Crippen molar-refractivity contribution in [1.82, 2.24) is 5.32 Å². The highest BCUT2D eigenvalue weighted by Gasteiger charge is 2.13. The second-order valence-corrected chi connectivity index (χ2v) is 5.30. The molecule has 0 saturated heterocycles. The predicted molar refractivity (Wildman–Crippen MR) is 69.8 cm³/mol. The fourth-order valence-electron chi connectivity index (χ4n) is 1.37. The maximum atomic E-state index is 4.09. The molecule has 0 fully saturated rings. The summed E-state index contributed by atoms with van der Waals surface area (Å²) in [6, 6.07) is 0. The van der Waals surface area contributed by atoms with E-state index in [0.29, 0.717) is 5.41 Å². The Kier molecular flexibility index (Phi) is 5.41. The van der Waals surface area contributed by atoms with Gasteiger partial charge in [-0.2, -0.15) is 0 Å². The van der Waals surface area contributed by atoms with Gasteiger partial charge < -0.3 is 5.32 Å². The van der Waals surface area contributed by atoms with Crippen LogP contribution in [-0.4, -0.2) is 7.05 Å². The van der Waals surface area contributed by atoms with Crippen LogP contribution >= 0.6 is 0 Å². The lowest BCUT2D eigenvalue weighted by Gasteiger charge is -2.21. The van der Waals surface area contributed by atoms with Crippen LogP contribution in [0.1, 0.15) is 40.0 Å². The van der Waals surface area contributed by atoms with E-state index in [1.54, 1.807) is 0 Å². The summed E-state index contributed by atoms with van der Waals surface area (Å²) in [5, 5.41) is 3.04. The third-order valence-corrected chi connectivity index (χ3v) is 2.33. The van der Waals surface area contributed by atoms with Gasteiger partial charge in [0, 0.05) is 12.7 Å². The first kappa shape index (κ1) is 14.0. The number of nitrogens with one attached hydrogen (secondary N) is 1. The Labute approximate surface area is 95.0 Å². The summed E-state index contributed by atoms with van der Waals surface area (Å²) >= 11 is 0. The Morgan fingerprint density at radius 2 is 1.53 bits per heavy atom. The Morgan fingerprint density at radius 1 is 1.00 bits per heavy atom. The van der Waals surface area contributed by atoms with Gasteiger partial charge in [-0.05, 0) is 24.7 Å². The van der Waals surface area contributed by atoms with Crippen molar-refractivity contribution in [3.63, 3.8) is 0 Å². The lowest BCUT2D eigenvalue weighted by molar-refractivity contribution is 0.411. The van der Waals surface area contributed by atoms with E-state index in [-0.39, 0.29) is 0 Å². The largest absolute Gasteiger partial charge is 0.392 e. The normalized spacial score (nSPS) is 10.9. The van der Waals surface area contributed by atoms with Gasteiger partial charge in [0.1, 0.15) is 0 Å². The van der Waals surface area contributed by atoms with E-state index in [1.807, 2.05) is 7.05 Å². The Hall–Kier alpha value is -0.980. The van der Waals surface area contributed by atoms with Crippen LogP contribution in [0.5, 0.6) is 0 Å². The Bertz CT molecular complexity index is 253. The summed E-state index contributed by atoms with van der Waals surface area (Å²) in [7, 11) is 1.90. The topological polar surface area (TPSA) is 12.0 Å². The number of hydrogen-bond acceptors (Lipinski definition) is 1. The zero-order valence-corrected chi connectivity index (χ0v) is 10.7. The van der Waals surface area contributed by atoms with Crippen molar-refractivity contribution in [2.24, 2.45) is 5.41 Å². The summed E-state index contributed by atoms with van der Waals surface area (Å²) < 4.78 is 0. The van der Waals surface area contributed by atoms with Crippen LogP contribution in [0.3, 0.4) is 0 Å². The first-order valence-electron chi connectivity index (χ1n) is 5.47. The van der Waals surface area contributed by atoms with E-state index in [0.717, 1.165) is 30.5 Å². The molecule has 0 aromatic rings. The summed E-state index contributed by atoms with van der Waals surface area (Å²) in [6.07, 6.45) is 2.91. The molecule has 0 aliphatic carbocycles. The molecule has 0 aliphatic heterocycles. The third kappa shape index (κ3) is 7.01. The monoisotopic (exact) mass is 207 g/mol. The van der Waals surface area contributed by atoms with Gasteiger partial charge in [0.25, 0.3) is 0 Å². The van der Waals surface area contributed by atoms with Crippen LogP contribution in [0.2, 0.25) is 0 Å². The van der Waals surface area contributed by atoms with Crippen LogP contribution in [0.15, 0.2) is 36.6 Å². The number of rotatable bonds is 6. The fourth-order valence-corrected chi connectivity index (χ4v) is 1.37. The van der Waals surface area contributed by atoms with E-state index < -0.39 is 0 Å². The molecule has 0 amide bonds. The minimum absolute atomic E-state index is 0.292. The molecule has 0 unspecified atom stereocenters. The van der Waals surface area contributed by atoms with Crippen LogP contribution in [0.4, 0.5) is 0 Å². The highest BCUT2D eigenvalue weighted by Crippen LogP contribution is 2.28. The number of allylic oxidation sites excluding steroid dienone is 3. The first-order valence-corrected chi connectivity index (χ1v) is 5.47. The van der Waals surface area contributed by atoms with Crippen molar-refractivity contribution in [3.05, 3.63) is 36.6 Å². The molecule has 1 N–H and O–H groups in total. The van der Waals surface area contributed by atoms with Gasteiger partial charge in [-0.25, -0.2) is 0 Å². The molecule has 0 heterocycles. The van der Waals surface area contributed by atoms with Crippen molar-refractivity contribution in [2.75, 3.05) is 7.05 Å². The molecule has 0 bridgehead atoms. The van der Waals surface area contributed by atoms with Gasteiger partial charge in [0.2, 0.25) is 0 Å². The van der Waals surface area contributed by atoms with E-state index >= 15 is 0 Å². The molecule has 0 aliphatic rings. The van der Waals surface area contributed by atoms with E-state index in [1.165, 1.54) is 5.57 Å². The molecule has 1 nitrogen and oxygen atoms in total. The molecule has 1 heteroatoms. The minimum atomic E-state index is 0.292. The van der Waals surface area contributed by atoms with Crippen LogP contribution < -0.4 is 5.32 Å². The van der Waals surface area contributed by atoms with Gasteiger partial charge in [-0.3, -0.25) is 0 Å². The predicted octanol–water partition coefficient (Wildman–Crippen LogP) is 4.05. The van der Waals surface area contributed by atoms with Gasteiger partial charge in [-0.1, -0.05) is 51.7 Å². The Morgan fingerprint density at radius 3 is 1.93 bits per heavy atom. The zero-order valence-electron chi connectivity index (χ0n) is 10.7. The highest BCUT2D eigenvalue weighted by molar-refractivity contribution is 5.26. The molecule has 0 spiro atoms. The molecular formula is C14H25N. The smallest absolute Gasteiger partial charge is 0.00343 e. The van der Waals surface area contributed by atoms with Gasteiger partial charge >= 0.3 is 0 Å². The van der Waals surface area contributed by atoms with Crippen molar-refractivity contribution in [1.29, 1.82) is 0 Å². The maximum Gasteiger partial charge on any atom is 0.00343 e.